The Morgan fingerprint density at radius 1 is 1.27 bits per heavy atom. The number of aromatic nitrogens is 4. The maximum atomic E-state index is 13.3. The van der Waals surface area contributed by atoms with E-state index in [9.17, 15) is 4.79 Å². The number of methoxy groups -OCH3 is 1. The summed E-state index contributed by atoms with van der Waals surface area (Å²) in [5.74, 6) is 1.19. The first kappa shape index (κ1) is 19.4. The lowest BCUT2D eigenvalue weighted by molar-refractivity contribution is 0.133. The highest BCUT2D eigenvalue weighted by atomic mass is 35.5. The number of fused-ring (bicyclic) bond motifs is 1. The summed E-state index contributed by atoms with van der Waals surface area (Å²) in [5, 5.41) is 8.14. The van der Waals surface area contributed by atoms with Crippen LogP contribution in [0.4, 0.5) is 5.95 Å². The number of benzene rings is 1. The molecule has 0 unspecified atom stereocenters. The van der Waals surface area contributed by atoms with Gasteiger partial charge in [-0.15, -0.1) is 0 Å². The third kappa shape index (κ3) is 2.97. The molecule has 0 amide bonds. The average molecular weight is 430 g/mol. The first-order valence-electron chi connectivity index (χ1n) is 10.1. The van der Waals surface area contributed by atoms with E-state index in [1.54, 1.807) is 24.8 Å². The van der Waals surface area contributed by atoms with Crippen molar-refractivity contribution in [3.05, 3.63) is 33.6 Å². The normalized spacial score (nSPS) is 18.4. The largest absolute Gasteiger partial charge is 0.495 e. The Morgan fingerprint density at radius 3 is 2.77 bits per heavy atom. The second kappa shape index (κ2) is 7.28. The molecular formula is C21H24ClN5O3. The number of aromatic amines is 1. The van der Waals surface area contributed by atoms with Gasteiger partial charge < -0.3 is 14.4 Å². The molecule has 1 N–H and O–H groups in total. The number of rotatable bonds is 3. The summed E-state index contributed by atoms with van der Waals surface area (Å²) in [4.78, 5) is 20.2. The summed E-state index contributed by atoms with van der Waals surface area (Å²) < 4.78 is 12.5. The summed E-state index contributed by atoms with van der Waals surface area (Å²) in [6.45, 7) is 3.42. The number of piperidine rings is 1. The smallest absolute Gasteiger partial charge is 0.266 e. The summed E-state index contributed by atoms with van der Waals surface area (Å²) in [6, 6.07) is 5.42. The highest BCUT2D eigenvalue weighted by Crippen LogP contribution is 2.40. The molecule has 0 atom stereocenters. The van der Waals surface area contributed by atoms with Crippen LogP contribution >= 0.6 is 11.6 Å². The van der Waals surface area contributed by atoms with Crippen molar-refractivity contribution in [1.82, 2.24) is 19.7 Å². The van der Waals surface area contributed by atoms with Gasteiger partial charge in [0, 0.05) is 32.3 Å². The van der Waals surface area contributed by atoms with Crippen molar-refractivity contribution >= 4 is 28.6 Å². The van der Waals surface area contributed by atoms with Crippen molar-refractivity contribution in [2.24, 2.45) is 12.5 Å². The second-order valence-electron chi connectivity index (χ2n) is 8.18. The predicted molar refractivity (Wildman–Crippen MR) is 115 cm³/mol. The molecule has 2 saturated heterocycles. The number of halogens is 1. The minimum Gasteiger partial charge on any atom is -0.495 e. The van der Waals surface area contributed by atoms with Crippen LogP contribution in [0.1, 0.15) is 19.3 Å². The molecule has 4 heterocycles. The zero-order valence-electron chi connectivity index (χ0n) is 17.1. The highest BCUT2D eigenvalue weighted by molar-refractivity contribution is 6.35. The fraction of sp³-hybridized carbons (Fsp3) is 0.476. The van der Waals surface area contributed by atoms with Crippen LogP contribution in [0.5, 0.6) is 5.75 Å². The van der Waals surface area contributed by atoms with Gasteiger partial charge in [-0.2, -0.15) is 10.1 Å². The fourth-order valence-corrected chi connectivity index (χ4v) is 4.90. The first-order chi connectivity index (χ1) is 14.5. The van der Waals surface area contributed by atoms with Gasteiger partial charge in [-0.1, -0.05) is 23.7 Å². The number of hydrogen-bond donors (Lipinski definition) is 1. The molecule has 0 radical (unpaired) electrons. The molecular weight excluding hydrogens is 406 g/mol. The minimum atomic E-state index is -0.151. The molecule has 2 aliphatic rings. The van der Waals surface area contributed by atoms with Crippen LogP contribution in [0.15, 0.2) is 23.0 Å². The molecule has 0 aliphatic carbocycles. The van der Waals surface area contributed by atoms with Crippen LogP contribution in [0, 0.1) is 5.41 Å². The van der Waals surface area contributed by atoms with E-state index in [1.807, 2.05) is 12.1 Å². The molecule has 5 rings (SSSR count). The SMILES string of the molecule is COc1cccc(-c2n[nH]c3nc(N4CCC5(CCOC5)CC4)n(C)c(=O)c23)c1Cl. The van der Waals surface area contributed by atoms with E-state index in [-0.39, 0.29) is 5.56 Å². The van der Waals surface area contributed by atoms with Gasteiger partial charge in [-0.05, 0) is 30.7 Å². The van der Waals surface area contributed by atoms with Crippen LogP contribution in [-0.2, 0) is 11.8 Å². The van der Waals surface area contributed by atoms with Crippen molar-refractivity contribution < 1.29 is 9.47 Å². The number of hydrogen-bond acceptors (Lipinski definition) is 6. The molecule has 9 heteroatoms. The van der Waals surface area contributed by atoms with E-state index >= 15 is 0 Å². The molecule has 0 bridgehead atoms. The lowest BCUT2D eigenvalue weighted by atomic mass is 9.78. The molecule has 30 heavy (non-hydrogen) atoms. The van der Waals surface area contributed by atoms with E-state index in [1.165, 1.54) is 0 Å². The Morgan fingerprint density at radius 2 is 2.07 bits per heavy atom. The first-order valence-corrected chi connectivity index (χ1v) is 10.5. The van der Waals surface area contributed by atoms with Gasteiger partial charge >= 0.3 is 0 Å². The Hall–Kier alpha value is -2.58. The van der Waals surface area contributed by atoms with E-state index in [4.69, 9.17) is 26.1 Å². The molecule has 1 aromatic carbocycles. The lowest BCUT2D eigenvalue weighted by Gasteiger charge is -2.39. The van der Waals surface area contributed by atoms with Crippen LogP contribution in [0.3, 0.4) is 0 Å². The van der Waals surface area contributed by atoms with Crippen molar-refractivity contribution in [2.75, 3.05) is 38.3 Å². The van der Waals surface area contributed by atoms with Gasteiger partial charge in [0.05, 0.1) is 18.7 Å². The molecule has 0 saturated carbocycles. The zero-order chi connectivity index (χ0) is 20.9. The van der Waals surface area contributed by atoms with Crippen molar-refractivity contribution in [3.8, 4) is 17.0 Å². The number of anilines is 1. The van der Waals surface area contributed by atoms with Crippen LogP contribution in [-0.4, -0.2) is 53.2 Å². The predicted octanol–water partition coefficient (Wildman–Crippen LogP) is 2.99. The molecule has 3 aromatic rings. The van der Waals surface area contributed by atoms with E-state index in [0.717, 1.165) is 45.6 Å². The number of nitrogens with zero attached hydrogens (tertiary/aromatic N) is 4. The lowest BCUT2D eigenvalue weighted by Crippen LogP contribution is -2.43. The fourth-order valence-electron chi connectivity index (χ4n) is 4.60. The summed E-state index contributed by atoms with van der Waals surface area (Å²) in [7, 11) is 3.32. The summed E-state index contributed by atoms with van der Waals surface area (Å²) in [5.41, 5.74) is 1.72. The molecule has 158 valence electrons. The number of nitrogens with one attached hydrogen (secondary N) is 1. The van der Waals surface area contributed by atoms with Gasteiger partial charge in [0.2, 0.25) is 5.95 Å². The molecule has 2 fully saturated rings. The van der Waals surface area contributed by atoms with Gasteiger partial charge in [0.15, 0.2) is 5.65 Å². The van der Waals surface area contributed by atoms with E-state index in [0.29, 0.717) is 44.4 Å². The minimum absolute atomic E-state index is 0.151. The third-order valence-corrected chi connectivity index (χ3v) is 6.90. The van der Waals surface area contributed by atoms with Gasteiger partial charge in [-0.3, -0.25) is 14.5 Å². The van der Waals surface area contributed by atoms with E-state index < -0.39 is 0 Å². The Bertz CT molecular complexity index is 1160. The Labute approximate surface area is 178 Å². The Kier molecular flexibility index (Phi) is 4.71. The topological polar surface area (TPSA) is 85.3 Å². The molecule has 2 aliphatic heterocycles. The van der Waals surface area contributed by atoms with Gasteiger partial charge in [0.25, 0.3) is 5.56 Å². The number of H-pyrrole nitrogens is 1. The summed E-state index contributed by atoms with van der Waals surface area (Å²) in [6.07, 6.45) is 3.22. The second-order valence-corrected chi connectivity index (χ2v) is 8.56. The Balaban J connectivity index is 1.54. The number of ether oxygens (including phenoxy) is 2. The monoisotopic (exact) mass is 429 g/mol. The summed E-state index contributed by atoms with van der Waals surface area (Å²) >= 11 is 6.48. The van der Waals surface area contributed by atoms with Gasteiger partial charge in [0.1, 0.15) is 16.8 Å². The van der Waals surface area contributed by atoms with Crippen molar-refractivity contribution in [1.29, 1.82) is 0 Å². The molecule has 8 nitrogen and oxygen atoms in total. The maximum Gasteiger partial charge on any atom is 0.266 e. The van der Waals surface area contributed by atoms with Crippen molar-refractivity contribution in [3.63, 3.8) is 0 Å². The maximum absolute atomic E-state index is 13.3. The zero-order valence-corrected chi connectivity index (χ0v) is 17.8. The van der Waals surface area contributed by atoms with Crippen molar-refractivity contribution in [2.45, 2.75) is 19.3 Å². The van der Waals surface area contributed by atoms with Gasteiger partial charge in [-0.25, -0.2) is 0 Å². The average Bonchev–Trinajstić information content (AvgIpc) is 3.39. The third-order valence-electron chi connectivity index (χ3n) is 6.51. The molecule has 2 aromatic heterocycles. The quantitative estimate of drug-likeness (QED) is 0.688. The van der Waals surface area contributed by atoms with Crippen LogP contribution in [0.2, 0.25) is 5.02 Å². The van der Waals surface area contributed by atoms with Crippen LogP contribution in [0.25, 0.3) is 22.3 Å². The van der Waals surface area contributed by atoms with Crippen LogP contribution < -0.4 is 15.2 Å². The standard InChI is InChI=1S/C21H24ClN5O3/c1-26-19(28)15-17(13-4-3-5-14(29-2)16(13)22)24-25-18(15)23-20(26)27-9-6-21(7-10-27)8-11-30-12-21/h3-5H,6-12H2,1-2H3,(H,24,25). The molecule has 1 spiro atoms. The highest BCUT2D eigenvalue weighted by Gasteiger charge is 2.38. The van der Waals surface area contributed by atoms with E-state index in [2.05, 4.69) is 15.1 Å².